The minimum absolute atomic E-state index is 0.372. The fourth-order valence-corrected chi connectivity index (χ4v) is 3.14. The van der Waals surface area contributed by atoms with Crippen LogP contribution in [0.4, 0.5) is 0 Å². The van der Waals surface area contributed by atoms with Crippen LogP contribution in [0.5, 0.6) is 0 Å². The molecule has 0 aromatic heterocycles. The van der Waals surface area contributed by atoms with Crippen molar-refractivity contribution in [1.82, 2.24) is 0 Å². The lowest BCUT2D eigenvalue weighted by atomic mass is 9.67. The largest absolute Gasteiger partial charge is 0.390 e. The zero-order chi connectivity index (χ0) is 11.5. The monoisotopic (exact) mass is 212 g/mol. The molecule has 0 aliphatic heterocycles. The lowest BCUT2D eigenvalue weighted by Crippen LogP contribution is -2.41. The normalized spacial score (nSPS) is 36.2. The lowest BCUT2D eigenvalue weighted by molar-refractivity contribution is -0.0567. The highest BCUT2D eigenvalue weighted by Crippen LogP contribution is 2.41. The van der Waals surface area contributed by atoms with E-state index in [9.17, 15) is 5.11 Å². The number of hydrogen-bond acceptors (Lipinski definition) is 1. The molecular formula is C14H28O. The SMILES string of the molecule is CCCC(O)(CC)C1CCC(C)C(C)C1. The molecule has 0 heterocycles. The lowest BCUT2D eigenvalue weighted by Gasteiger charge is -2.42. The molecule has 0 amide bonds. The Morgan fingerprint density at radius 1 is 1.13 bits per heavy atom. The van der Waals surface area contributed by atoms with Crippen molar-refractivity contribution in [3.63, 3.8) is 0 Å². The molecule has 0 bridgehead atoms. The molecule has 0 aromatic carbocycles. The van der Waals surface area contributed by atoms with Crippen LogP contribution in [0.15, 0.2) is 0 Å². The summed E-state index contributed by atoms with van der Waals surface area (Å²) in [6.45, 7) is 9.01. The highest BCUT2D eigenvalue weighted by atomic mass is 16.3. The third kappa shape index (κ3) is 2.96. The molecular weight excluding hydrogens is 184 g/mol. The van der Waals surface area contributed by atoms with Gasteiger partial charge in [0.15, 0.2) is 0 Å². The van der Waals surface area contributed by atoms with E-state index >= 15 is 0 Å². The zero-order valence-corrected chi connectivity index (χ0v) is 10.9. The molecule has 1 fully saturated rings. The summed E-state index contributed by atoms with van der Waals surface area (Å²) in [5.74, 6) is 2.19. The molecule has 1 aliphatic carbocycles. The molecule has 1 aliphatic rings. The zero-order valence-electron chi connectivity index (χ0n) is 10.9. The van der Waals surface area contributed by atoms with Crippen molar-refractivity contribution in [2.45, 2.75) is 71.8 Å². The van der Waals surface area contributed by atoms with Gasteiger partial charge >= 0.3 is 0 Å². The average Bonchev–Trinajstić information content (AvgIpc) is 2.22. The first-order valence-corrected chi connectivity index (χ1v) is 6.75. The van der Waals surface area contributed by atoms with E-state index in [1.165, 1.54) is 19.3 Å². The van der Waals surface area contributed by atoms with Gasteiger partial charge in [0, 0.05) is 0 Å². The second-order valence-corrected chi connectivity index (χ2v) is 5.67. The fraction of sp³-hybridized carbons (Fsp3) is 1.00. The average molecular weight is 212 g/mol. The van der Waals surface area contributed by atoms with Crippen LogP contribution in [0.3, 0.4) is 0 Å². The van der Waals surface area contributed by atoms with E-state index in [0.717, 1.165) is 31.1 Å². The van der Waals surface area contributed by atoms with Crippen LogP contribution in [0.25, 0.3) is 0 Å². The van der Waals surface area contributed by atoms with E-state index in [-0.39, 0.29) is 5.60 Å². The molecule has 0 spiro atoms. The Balaban J connectivity index is 2.61. The van der Waals surface area contributed by atoms with Crippen molar-refractivity contribution in [3.8, 4) is 0 Å². The summed E-state index contributed by atoms with van der Waals surface area (Å²) in [6.07, 6.45) is 6.77. The van der Waals surface area contributed by atoms with Crippen molar-refractivity contribution in [2.75, 3.05) is 0 Å². The third-order valence-electron chi connectivity index (χ3n) is 4.65. The number of aliphatic hydroxyl groups is 1. The molecule has 90 valence electrons. The summed E-state index contributed by atoms with van der Waals surface area (Å²) in [6, 6.07) is 0. The second kappa shape index (κ2) is 5.34. The molecule has 1 rings (SSSR count). The Hall–Kier alpha value is -0.0400. The first-order chi connectivity index (χ1) is 7.03. The van der Waals surface area contributed by atoms with E-state index < -0.39 is 0 Å². The van der Waals surface area contributed by atoms with Crippen LogP contribution >= 0.6 is 0 Å². The summed E-state index contributed by atoms with van der Waals surface area (Å²) < 4.78 is 0. The van der Waals surface area contributed by atoms with E-state index in [1.54, 1.807) is 0 Å². The van der Waals surface area contributed by atoms with Crippen LogP contribution in [-0.4, -0.2) is 10.7 Å². The highest BCUT2D eigenvalue weighted by molar-refractivity contribution is 4.89. The van der Waals surface area contributed by atoms with Crippen LogP contribution < -0.4 is 0 Å². The molecule has 15 heavy (non-hydrogen) atoms. The van der Waals surface area contributed by atoms with E-state index in [2.05, 4.69) is 27.7 Å². The van der Waals surface area contributed by atoms with Crippen molar-refractivity contribution < 1.29 is 5.11 Å². The van der Waals surface area contributed by atoms with Gasteiger partial charge in [-0.2, -0.15) is 0 Å². The van der Waals surface area contributed by atoms with Gasteiger partial charge < -0.3 is 5.11 Å². The Morgan fingerprint density at radius 3 is 2.27 bits per heavy atom. The van der Waals surface area contributed by atoms with E-state index in [1.807, 2.05) is 0 Å². The summed E-state index contributed by atoms with van der Waals surface area (Å²) in [5, 5.41) is 10.6. The fourth-order valence-electron chi connectivity index (χ4n) is 3.14. The van der Waals surface area contributed by atoms with Crippen LogP contribution in [0.2, 0.25) is 0 Å². The smallest absolute Gasteiger partial charge is 0.0673 e. The Morgan fingerprint density at radius 2 is 1.80 bits per heavy atom. The summed E-state index contributed by atoms with van der Waals surface area (Å²) in [7, 11) is 0. The molecule has 4 unspecified atom stereocenters. The van der Waals surface area contributed by atoms with Gasteiger partial charge in [0.1, 0.15) is 0 Å². The minimum atomic E-state index is -0.372. The van der Waals surface area contributed by atoms with Gasteiger partial charge in [-0.25, -0.2) is 0 Å². The van der Waals surface area contributed by atoms with Crippen molar-refractivity contribution in [3.05, 3.63) is 0 Å². The van der Waals surface area contributed by atoms with E-state index in [4.69, 9.17) is 0 Å². The van der Waals surface area contributed by atoms with Gasteiger partial charge in [0.2, 0.25) is 0 Å². The predicted octanol–water partition coefficient (Wildman–Crippen LogP) is 4.00. The van der Waals surface area contributed by atoms with Gasteiger partial charge in [0.05, 0.1) is 5.60 Å². The van der Waals surface area contributed by atoms with Crippen LogP contribution in [0, 0.1) is 17.8 Å². The molecule has 1 N–H and O–H groups in total. The summed E-state index contributed by atoms with van der Waals surface area (Å²) in [4.78, 5) is 0. The van der Waals surface area contributed by atoms with E-state index in [0.29, 0.717) is 5.92 Å². The van der Waals surface area contributed by atoms with Crippen molar-refractivity contribution in [1.29, 1.82) is 0 Å². The van der Waals surface area contributed by atoms with Gasteiger partial charge in [-0.15, -0.1) is 0 Å². The van der Waals surface area contributed by atoms with Crippen LogP contribution in [0.1, 0.15) is 66.2 Å². The summed E-state index contributed by atoms with van der Waals surface area (Å²) >= 11 is 0. The molecule has 1 heteroatoms. The Bertz CT molecular complexity index is 190. The quantitative estimate of drug-likeness (QED) is 0.747. The molecule has 0 aromatic rings. The first-order valence-electron chi connectivity index (χ1n) is 6.75. The topological polar surface area (TPSA) is 20.2 Å². The molecule has 0 radical (unpaired) electrons. The summed E-state index contributed by atoms with van der Waals surface area (Å²) in [5.41, 5.74) is -0.372. The van der Waals surface area contributed by atoms with Gasteiger partial charge in [-0.3, -0.25) is 0 Å². The Kier molecular flexibility index (Phi) is 4.64. The first kappa shape index (κ1) is 13.0. The molecule has 4 atom stereocenters. The molecule has 1 nitrogen and oxygen atoms in total. The maximum atomic E-state index is 10.6. The van der Waals surface area contributed by atoms with Gasteiger partial charge in [-0.1, -0.05) is 40.5 Å². The maximum absolute atomic E-state index is 10.6. The Labute approximate surface area is 95.3 Å². The number of rotatable bonds is 4. The van der Waals surface area contributed by atoms with Crippen molar-refractivity contribution in [2.24, 2.45) is 17.8 Å². The second-order valence-electron chi connectivity index (χ2n) is 5.67. The third-order valence-corrected chi connectivity index (χ3v) is 4.65. The standard InChI is InChI=1S/C14H28O/c1-5-9-14(15,6-2)13-8-7-11(3)12(4)10-13/h11-13,15H,5-10H2,1-4H3. The van der Waals surface area contributed by atoms with Gasteiger partial charge in [0.25, 0.3) is 0 Å². The van der Waals surface area contributed by atoms with Gasteiger partial charge in [-0.05, 0) is 43.4 Å². The number of hydrogen-bond donors (Lipinski definition) is 1. The maximum Gasteiger partial charge on any atom is 0.0673 e. The van der Waals surface area contributed by atoms with Crippen molar-refractivity contribution >= 4 is 0 Å². The predicted molar refractivity (Wildman–Crippen MR) is 65.8 cm³/mol. The molecule has 1 saturated carbocycles. The van der Waals surface area contributed by atoms with Crippen LogP contribution in [-0.2, 0) is 0 Å². The minimum Gasteiger partial charge on any atom is -0.390 e. The molecule has 0 saturated heterocycles. The highest BCUT2D eigenvalue weighted by Gasteiger charge is 2.38.